The van der Waals surface area contributed by atoms with Crippen molar-refractivity contribution in [3.8, 4) is 0 Å². The maximum absolute atomic E-state index is 13.3. The number of halogens is 2. The van der Waals surface area contributed by atoms with Crippen molar-refractivity contribution in [3.63, 3.8) is 0 Å². The first-order chi connectivity index (χ1) is 9.82. The van der Waals surface area contributed by atoms with Crippen LogP contribution in [0.15, 0.2) is 6.20 Å². The Morgan fingerprint density at radius 1 is 1.43 bits per heavy atom. The van der Waals surface area contributed by atoms with E-state index in [1.54, 1.807) is 11.3 Å². The Labute approximate surface area is 128 Å². The molecule has 2 aliphatic rings. The topological polar surface area (TPSA) is 42.1 Å². The third-order valence-corrected chi connectivity index (χ3v) is 6.09. The number of nitrogens with two attached hydrogens (primary N) is 1. The van der Waals surface area contributed by atoms with Crippen molar-refractivity contribution in [1.29, 1.82) is 0 Å². The third kappa shape index (κ3) is 3.12. The maximum Gasteiger partial charge on any atom is 0.250 e. The molecule has 2 heterocycles. The van der Waals surface area contributed by atoms with Crippen molar-refractivity contribution in [3.05, 3.63) is 16.1 Å². The fraction of sp³-hybridized carbons (Fsp3) is 0.800. The highest BCUT2D eigenvalue weighted by Crippen LogP contribution is 2.59. The van der Waals surface area contributed by atoms with Crippen LogP contribution < -0.4 is 5.73 Å². The van der Waals surface area contributed by atoms with Gasteiger partial charge in [0.25, 0.3) is 5.92 Å². The van der Waals surface area contributed by atoms with Crippen LogP contribution in [0.25, 0.3) is 0 Å². The Hall–Kier alpha value is -0.590. The monoisotopic (exact) mass is 315 g/mol. The molecule has 3 nitrogen and oxygen atoms in total. The first kappa shape index (κ1) is 15.3. The molecule has 3 rings (SSSR count). The van der Waals surface area contributed by atoms with Gasteiger partial charge in [0, 0.05) is 49.5 Å². The van der Waals surface area contributed by atoms with Crippen LogP contribution in [0.5, 0.6) is 0 Å². The Morgan fingerprint density at radius 3 is 2.57 bits per heavy atom. The van der Waals surface area contributed by atoms with Gasteiger partial charge in [0.1, 0.15) is 0 Å². The lowest BCUT2D eigenvalue weighted by molar-refractivity contribution is -0.0625. The van der Waals surface area contributed by atoms with Crippen LogP contribution in [-0.2, 0) is 0 Å². The van der Waals surface area contributed by atoms with Crippen LogP contribution >= 0.6 is 11.3 Å². The van der Waals surface area contributed by atoms with Crippen molar-refractivity contribution in [2.45, 2.75) is 51.0 Å². The highest BCUT2D eigenvalue weighted by Gasteiger charge is 2.48. The summed E-state index contributed by atoms with van der Waals surface area (Å²) in [6.45, 7) is 5.80. The van der Waals surface area contributed by atoms with Gasteiger partial charge in [-0.05, 0) is 11.8 Å². The van der Waals surface area contributed by atoms with Gasteiger partial charge < -0.3 is 5.73 Å². The summed E-state index contributed by atoms with van der Waals surface area (Å²) in [6, 6.07) is 0.0363. The molecule has 1 aromatic heterocycles. The van der Waals surface area contributed by atoms with E-state index in [1.165, 1.54) is 11.4 Å². The van der Waals surface area contributed by atoms with E-state index in [1.807, 2.05) is 6.20 Å². The first-order valence-electron chi connectivity index (χ1n) is 7.60. The second-order valence-electron chi connectivity index (χ2n) is 6.99. The van der Waals surface area contributed by atoms with E-state index in [0.717, 1.165) is 4.88 Å². The van der Waals surface area contributed by atoms with E-state index in [0.29, 0.717) is 31.0 Å². The number of hydrogen-bond acceptors (Lipinski definition) is 4. The molecule has 2 N–H and O–H groups in total. The predicted molar refractivity (Wildman–Crippen MR) is 80.8 cm³/mol. The minimum absolute atomic E-state index is 0.0363. The predicted octanol–water partition coefficient (Wildman–Crippen LogP) is 3.39. The lowest BCUT2D eigenvalue weighted by atomic mass is 10.0. The number of aromatic nitrogens is 1. The number of piperidine rings is 1. The summed E-state index contributed by atoms with van der Waals surface area (Å²) in [5, 5.41) is 1.18. The number of hydrogen-bond donors (Lipinski definition) is 1. The molecule has 2 fully saturated rings. The van der Waals surface area contributed by atoms with E-state index >= 15 is 0 Å². The van der Waals surface area contributed by atoms with Crippen molar-refractivity contribution in [2.75, 3.05) is 19.6 Å². The third-order valence-electron chi connectivity index (χ3n) is 4.87. The Bertz CT molecular complexity index is 505. The average Bonchev–Trinajstić information content (AvgIpc) is 2.85. The van der Waals surface area contributed by atoms with Crippen LogP contribution in [0.3, 0.4) is 0 Å². The normalized spacial score (nSPS) is 29.3. The molecule has 21 heavy (non-hydrogen) atoms. The molecule has 0 aromatic carbocycles. The van der Waals surface area contributed by atoms with Crippen molar-refractivity contribution >= 4 is 11.3 Å². The number of nitrogens with zero attached hydrogens (tertiary/aromatic N) is 2. The number of alkyl halides is 2. The summed E-state index contributed by atoms with van der Waals surface area (Å²) in [5.74, 6) is -1.95. The van der Waals surface area contributed by atoms with E-state index < -0.39 is 5.92 Å². The minimum Gasteiger partial charge on any atom is -0.329 e. The van der Waals surface area contributed by atoms with E-state index in [9.17, 15) is 8.78 Å². The number of thiazole rings is 1. The van der Waals surface area contributed by atoms with Gasteiger partial charge in [-0.2, -0.15) is 0 Å². The fourth-order valence-corrected chi connectivity index (χ4v) is 4.49. The molecule has 1 aromatic rings. The Balaban J connectivity index is 1.69. The van der Waals surface area contributed by atoms with Gasteiger partial charge in [-0.3, -0.25) is 4.90 Å². The summed E-state index contributed by atoms with van der Waals surface area (Å²) in [7, 11) is 0. The van der Waals surface area contributed by atoms with Gasteiger partial charge in [-0.15, -0.1) is 11.3 Å². The molecule has 2 atom stereocenters. The molecule has 0 amide bonds. The fourth-order valence-electron chi connectivity index (χ4n) is 3.11. The molecule has 1 saturated carbocycles. The van der Waals surface area contributed by atoms with E-state index in [4.69, 9.17) is 5.73 Å². The molecule has 0 radical (unpaired) electrons. The molecule has 118 valence electrons. The van der Waals surface area contributed by atoms with E-state index in [-0.39, 0.29) is 18.9 Å². The highest BCUT2D eigenvalue weighted by molar-refractivity contribution is 7.11. The second-order valence-corrected chi connectivity index (χ2v) is 8.08. The number of rotatable bonds is 4. The van der Waals surface area contributed by atoms with Crippen molar-refractivity contribution in [2.24, 2.45) is 11.1 Å². The molecule has 2 unspecified atom stereocenters. The largest absolute Gasteiger partial charge is 0.329 e. The molecule has 0 bridgehead atoms. The lowest BCUT2D eigenvalue weighted by Gasteiger charge is -2.36. The Morgan fingerprint density at radius 2 is 2.05 bits per heavy atom. The van der Waals surface area contributed by atoms with Crippen LogP contribution in [0.4, 0.5) is 8.78 Å². The van der Waals surface area contributed by atoms with Crippen LogP contribution in [0.1, 0.15) is 55.0 Å². The molecule has 6 heteroatoms. The summed E-state index contributed by atoms with van der Waals surface area (Å²) in [5.41, 5.74) is 6.27. The van der Waals surface area contributed by atoms with Crippen molar-refractivity contribution < 1.29 is 8.78 Å². The van der Waals surface area contributed by atoms with Gasteiger partial charge in [0.05, 0.1) is 11.0 Å². The summed E-state index contributed by atoms with van der Waals surface area (Å²) < 4.78 is 26.6. The van der Waals surface area contributed by atoms with Gasteiger partial charge >= 0.3 is 0 Å². The van der Waals surface area contributed by atoms with Gasteiger partial charge in [0.2, 0.25) is 0 Å². The summed E-state index contributed by atoms with van der Waals surface area (Å²) in [6.07, 6.45) is 2.96. The minimum atomic E-state index is -2.51. The molecule has 0 spiro atoms. The first-order valence-corrected chi connectivity index (χ1v) is 8.42. The SMILES string of the molecule is CC1(C)CC1c1ncc(C(CN)N2CCC(F)(F)CC2)s1. The number of likely N-dealkylation sites (tertiary alicyclic amines) is 1. The van der Waals surface area contributed by atoms with Crippen LogP contribution in [0, 0.1) is 5.41 Å². The second kappa shape index (κ2) is 5.25. The molecule has 1 saturated heterocycles. The quantitative estimate of drug-likeness (QED) is 0.926. The van der Waals surface area contributed by atoms with Crippen LogP contribution in [-0.4, -0.2) is 35.4 Å². The molecule has 1 aliphatic carbocycles. The molecular weight excluding hydrogens is 292 g/mol. The van der Waals surface area contributed by atoms with Gasteiger partial charge in [0.15, 0.2) is 0 Å². The summed E-state index contributed by atoms with van der Waals surface area (Å²) in [4.78, 5) is 7.77. The van der Waals surface area contributed by atoms with Gasteiger partial charge in [-0.25, -0.2) is 13.8 Å². The lowest BCUT2D eigenvalue weighted by Crippen LogP contribution is -2.43. The van der Waals surface area contributed by atoms with Crippen LogP contribution in [0.2, 0.25) is 0 Å². The van der Waals surface area contributed by atoms with Crippen molar-refractivity contribution in [1.82, 2.24) is 9.88 Å². The Kier molecular flexibility index (Phi) is 3.83. The maximum atomic E-state index is 13.3. The van der Waals surface area contributed by atoms with Gasteiger partial charge in [-0.1, -0.05) is 13.8 Å². The van der Waals surface area contributed by atoms with E-state index in [2.05, 4.69) is 23.7 Å². The average molecular weight is 315 g/mol. The standard InChI is InChI=1S/C15H23F2N3S/c1-14(2)7-10(14)13-19-9-12(21-13)11(8-18)20-5-3-15(16,17)4-6-20/h9-11H,3-8,18H2,1-2H3. The smallest absolute Gasteiger partial charge is 0.250 e. The molecular formula is C15H23F2N3S. The zero-order valence-electron chi connectivity index (χ0n) is 12.6. The molecule has 1 aliphatic heterocycles. The zero-order valence-corrected chi connectivity index (χ0v) is 13.4. The highest BCUT2D eigenvalue weighted by atomic mass is 32.1. The zero-order chi connectivity index (χ0) is 15.3. The summed E-state index contributed by atoms with van der Waals surface area (Å²) >= 11 is 1.71.